The molecule has 8 heteroatoms. The SMILES string of the molecule is CC12CCC(=O)N1c1ccccc1C(=O)N2CCC(=O)Oc1cccc(C(N)=O)c1. The molecular formula is C22H21N3O5. The van der Waals surface area contributed by atoms with E-state index < -0.39 is 17.5 Å². The molecule has 2 aliphatic rings. The number of carbonyl (C=O) groups is 4. The molecule has 2 heterocycles. The lowest BCUT2D eigenvalue weighted by Gasteiger charge is -2.48. The second kappa shape index (κ2) is 7.29. The van der Waals surface area contributed by atoms with E-state index in [1.165, 1.54) is 12.1 Å². The van der Waals surface area contributed by atoms with E-state index in [1.807, 2.05) is 6.92 Å². The molecule has 2 aromatic rings. The van der Waals surface area contributed by atoms with Crippen LogP contribution in [-0.2, 0) is 9.59 Å². The summed E-state index contributed by atoms with van der Waals surface area (Å²) in [5.41, 5.74) is 5.69. The van der Waals surface area contributed by atoms with Gasteiger partial charge in [0.1, 0.15) is 11.4 Å². The maximum atomic E-state index is 13.1. The number of hydrogen-bond donors (Lipinski definition) is 1. The molecule has 2 aromatic carbocycles. The molecule has 1 atom stereocenters. The summed E-state index contributed by atoms with van der Waals surface area (Å²) >= 11 is 0. The van der Waals surface area contributed by atoms with Crippen molar-refractivity contribution in [2.45, 2.75) is 31.8 Å². The zero-order valence-corrected chi connectivity index (χ0v) is 16.5. The van der Waals surface area contributed by atoms with E-state index in [0.29, 0.717) is 24.1 Å². The number of carbonyl (C=O) groups excluding carboxylic acids is 4. The summed E-state index contributed by atoms with van der Waals surface area (Å²) in [4.78, 5) is 52.6. The van der Waals surface area contributed by atoms with Crippen molar-refractivity contribution >= 4 is 29.4 Å². The van der Waals surface area contributed by atoms with Crippen LogP contribution >= 0.6 is 0 Å². The Hall–Kier alpha value is -3.68. The quantitative estimate of drug-likeness (QED) is 0.603. The lowest BCUT2D eigenvalue weighted by Crippen LogP contribution is -2.62. The zero-order valence-electron chi connectivity index (χ0n) is 16.5. The maximum Gasteiger partial charge on any atom is 0.312 e. The number of rotatable bonds is 5. The van der Waals surface area contributed by atoms with Crippen LogP contribution in [0, 0.1) is 0 Å². The Kier molecular flexibility index (Phi) is 4.77. The van der Waals surface area contributed by atoms with Crippen LogP contribution in [0.5, 0.6) is 5.75 Å². The summed E-state index contributed by atoms with van der Waals surface area (Å²) in [7, 11) is 0. The number of primary amides is 1. The van der Waals surface area contributed by atoms with Crippen LogP contribution in [0.25, 0.3) is 0 Å². The third kappa shape index (κ3) is 3.20. The van der Waals surface area contributed by atoms with Crippen LogP contribution < -0.4 is 15.4 Å². The summed E-state index contributed by atoms with van der Waals surface area (Å²) in [6.45, 7) is 1.94. The fraction of sp³-hybridized carbons (Fsp3) is 0.273. The van der Waals surface area contributed by atoms with Gasteiger partial charge in [-0.05, 0) is 43.7 Å². The van der Waals surface area contributed by atoms with Crippen molar-refractivity contribution in [1.82, 2.24) is 4.90 Å². The van der Waals surface area contributed by atoms with Crippen molar-refractivity contribution in [2.24, 2.45) is 5.73 Å². The minimum absolute atomic E-state index is 0.0479. The monoisotopic (exact) mass is 407 g/mol. The van der Waals surface area contributed by atoms with E-state index in [1.54, 1.807) is 46.2 Å². The number of fused-ring (bicyclic) bond motifs is 3. The number of para-hydroxylation sites is 1. The van der Waals surface area contributed by atoms with E-state index in [-0.39, 0.29) is 36.1 Å². The molecule has 0 radical (unpaired) electrons. The second-order valence-electron chi connectivity index (χ2n) is 7.54. The summed E-state index contributed by atoms with van der Waals surface area (Å²) in [5.74, 6) is -1.24. The Morgan fingerprint density at radius 1 is 1.13 bits per heavy atom. The summed E-state index contributed by atoms with van der Waals surface area (Å²) < 4.78 is 5.30. The zero-order chi connectivity index (χ0) is 21.5. The van der Waals surface area contributed by atoms with E-state index in [2.05, 4.69) is 0 Å². The third-order valence-electron chi connectivity index (χ3n) is 5.64. The second-order valence-corrected chi connectivity index (χ2v) is 7.54. The fourth-order valence-corrected chi connectivity index (χ4v) is 4.14. The normalized spacial score (nSPS) is 20.0. The number of esters is 1. The molecule has 30 heavy (non-hydrogen) atoms. The first kappa shape index (κ1) is 19.6. The average molecular weight is 407 g/mol. The van der Waals surface area contributed by atoms with Gasteiger partial charge in [-0.15, -0.1) is 0 Å². The molecule has 1 unspecified atom stereocenters. The molecule has 2 aliphatic heterocycles. The van der Waals surface area contributed by atoms with Crippen LogP contribution in [0.4, 0.5) is 5.69 Å². The van der Waals surface area contributed by atoms with Gasteiger partial charge in [-0.3, -0.25) is 24.1 Å². The van der Waals surface area contributed by atoms with Crippen molar-refractivity contribution < 1.29 is 23.9 Å². The minimum Gasteiger partial charge on any atom is -0.426 e. The van der Waals surface area contributed by atoms with E-state index in [9.17, 15) is 19.2 Å². The molecule has 1 saturated heterocycles. The lowest BCUT2D eigenvalue weighted by atomic mass is 9.98. The molecule has 4 rings (SSSR count). The van der Waals surface area contributed by atoms with Crippen molar-refractivity contribution in [3.8, 4) is 5.75 Å². The molecule has 0 aliphatic carbocycles. The van der Waals surface area contributed by atoms with Gasteiger partial charge in [0.25, 0.3) is 5.91 Å². The van der Waals surface area contributed by atoms with Gasteiger partial charge in [0.2, 0.25) is 11.8 Å². The highest BCUT2D eigenvalue weighted by atomic mass is 16.5. The van der Waals surface area contributed by atoms with Crippen molar-refractivity contribution in [3.05, 3.63) is 59.7 Å². The third-order valence-corrected chi connectivity index (χ3v) is 5.64. The van der Waals surface area contributed by atoms with Crippen LogP contribution in [-0.4, -0.2) is 40.8 Å². The van der Waals surface area contributed by atoms with Crippen molar-refractivity contribution in [2.75, 3.05) is 11.4 Å². The number of benzene rings is 2. The number of ether oxygens (including phenoxy) is 1. The fourth-order valence-electron chi connectivity index (χ4n) is 4.14. The predicted octanol–water partition coefficient (Wildman–Crippen LogP) is 2.08. The Morgan fingerprint density at radius 3 is 2.67 bits per heavy atom. The van der Waals surface area contributed by atoms with Crippen molar-refractivity contribution in [1.29, 1.82) is 0 Å². The van der Waals surface area contributed by atoms with Crippen LogP contribution in [0.15, 0.2) is 48.5 Å². The summed E-state index contributed by atoms with van der Waals surface area (Å²) in [6.07, 6.45) is 0.757. The first-order chi connectivity index (χ1) is 14.3. The molecule has 3 amide bonds. The maximum absolute atomic E-state index is 13.1. The summed E-state index contributed by atoms with van der Waals surface area (Å²) in [5, 5.41) is 0. The molecule has 8 nitrogen and oxygen atoms in total. The standard InChI is InChI=1S/C22H21N3O5/c1-22-11-9-18(26)25(22)17-8-3-2-7-16(17)21(29)24(22)12-10-19(27)30-15-6-4-5-14(13-15)20(23)28/h2-8,13H,9-12H2,1H3,(H2,23,28). The largest absolute Gasteiger partial charge is 0.426 e. The molecule has 0 aromatic heterocycles. The van der Waals surface area contributed by atoms with Gasteiger partial charge in [0.15, 0.2) is 0 Å². The molecule has 154 valence electrons. The molecule has 2 N–H and O–H groups in total. The topological polar surface area (TPSA) is 110 Å². The number of nitrogens with zero attached hydrogens (tertiary/aromatic N) is 2. The number of hydrogen-bond acceptors (Lipinski definition) is 5. The van der Waals surface area contributed by atoms with Crippen LogP contribution in [0.2, 0.25) is 0 Å². The van der Waals surface area contributed by atoms with Gasteiger partial charge in [-0.2, -0.15) is 0 Å². The average Bonchev–Trinajstić information content (AvgIpc) is 3.03. The van der Waals surface area contributed by atoms with Gasteiger partial charge in [-0.1, -0.05) is 18.2 Å². The first-order valence-corrected chi connectivity index (χ1v) is 9.66. The highest BCUT2D eigenvalue weighted by Gasteiger charge is 2.52. The number of nitrogens with two attached hydrogens (primary N) is 1. The molecular weight excluding hydrogens is 386 g/mol. The van der Waals surface area contributed by atoms with Gasteiger partial charge < -0.3 is 15.4 Å². The molecule has 0 saturated carbocycles. The van der Waals surface area contributed by atoms with Crippen LogP contribution in [0.1, 0.15) is 46.9 Å². The Labute approximate surface area is 173 Å². The van der Waals surface area contributed by atoms with Crippen LogP contribution in [0.3, 0.4) is 0 Å². The van der Waals surface area contributed by atoms with Crippen molar-refractivity contribution in [3.63, 3.8) is 0 Å². The van der Waals surface area contributed by atoms with Gasteiger partial charge in [0.05, 0.1) is 17.7 Å². The first-order valence-electron chi connectivity index (χ1n) is 9.66. The molecule has 0 spiro atoms. The van der Waals surface area contributed by atoms with Gasteiger partial charge in [0, 0.05) is 18.5 Å². The Bertz CT molecular complexity index is 1070. The van der Waals surface area contributed by atoms with E-state index in [0.717, 1.165) is 0 Å². The molecule has 1 fully saturated rings. The Balaban J connectivity index is 1.52. The van der Waals surface area contributed by atoms with Gasteiger partial charge in [-0.25, -0.2) is 0 Å². The summed E-state index contributed by atoms with van der Waals surface area (Å²) in [6, 6.07) is 13.0. The minimum atomic E-state index is -0.825. The number of anilines is 1. The molecule has 0 bridgehead atoms. The highest BCUT2D eigenvalue weighted by Crippen LogP contribution is 2.43. The number of amides is 3. The Morgan fingerprint density at radius 2 is 1.90 bits per heavy atom. The lowest BCUT2D eigenvalue weighted by molar-refractivity contribution is -0.134. The van der Waals surface area contributed by atoms with E-state index in [4.69, 9.17) is 10.5 Å². The van der Waals surface area contributed by atoms with E-state index >= 15 is 0 Å². The smallest absolute Gasteiger partial charge is 0.312 e. The predicted molar refractivity (Wildman–Crippen MR) is 108 cm³/mol. The van der Waals surface area contributed by atoms with Gasteiger partial charge >= 0.3 is 5.97 Å². The highest BCUT2D eigenvalue weighted by molar-refractivity contribution is 6.10.